The number of unbranched alkanes of at least 4 members (excludes halogenated alkanes) is 18. The van der Waals surface area contributed by atoms with Crippen molar-refractivity contribution in [1.82, 2.24) is 0 Å². The van der Waals surface area contributed by atoms with Crippen molar-refractivity contribution in [1.29, 1.82) is 0 Å². The molecule has 0 N–H and O–H groups in total. The van der Waals surface area contributed by atoms with Gasteiger partial charge in [0.15, 0.2) is 0 Å². The predicted molar refractivity (Wildman–Crippen MR) is 158 cm³/mol. The molecule has 0 aromatic carbocycles. The van der Waals surface area contributed by atoms with Crippen molar-refractivity contribution in [2.24, 2.45) is 5.92 Å². The molecule has 0 amide bonds. The van der Waals surface area contributed by atoms with E-state index in [1.807, 2.05) is 0 Å². The van der Waals surface area contributed by atoms with Gasteiger partial charge < -0.3 is 9.47 Å². The first-order chi connectivity index (χ1) is 18.1. The minimum atomic E-state index is -0.362. The van der Waals surface area contributed by atoms with Crippen LogP contribution < -0.4 is 0 Å². The Hall–Kier alpha value is -1.32. The molecule has 0 aliphatic carbocycles. The van der Waals surface area contributed by atoms with Crippen LogP contribution in [0.5, 0.6) is 0 Å². The van der Waals surface area contributed by atoms with Gasteiger partial charge >= 0.3 is 11.9 Å². The summed E-state index contributed by atoms with van der Waals surface area (Å²) in [6.07, 6.45) is 31.9. The lowest BCUT2D eigenvalue weighted by Crippen LogP contribution is -2.33. The Kier molecular flexibility index (Phi) is 26.7. The summed E-state index contributed by atoms with van der Waals surface area (Å²) in [5.41, 5.74) is 0. The van der Waals surface area contributed by atoms with Crippen LogP contribution in [0.1, 0.15) is 168 Å². The molecule has 4 nitrogen and oxygen atoms in total. The topological polar surface area (TPSA) is 52.6 Å². The van der Waals surface area contributed by atoms with Crippen molar-refractivity contribution < 1.29 is 19.1 Å². The Bertz CT molecular complexity index is 542. The van der Waals surface area contributed by atoms with E-state index in [2.05, 4.69) is 26.0 Å². The Morgan fingerprint density at radius 1 is 0.595 bits per heavy atom. The van der Waals surface area contributed by atoms with Gasteiger partial charge in [-0.2, -0.15) is 0 Å². The summed E-state index contributed by atoms with van der Waals surface area (Å²) in [5.74, 6) is -0.877. The number of carbonyl (C=O) groups is 2. The normalized spacial score (nSPS) is 13.1. The second-order valence-electron chi connectivity index (χ2n) is 10.9. The number of allylic oxidation sites excluding steroid dienone is 2. The second kappa shape index (κ2) is 27.7. The third-order valence-corrected chi connectivity index (χ3v) is 7.39. The average molecular weight is 523 g/mol. The van der Waals surface area contributed by atoms with Gasteiger partial charge in [-0.15, -0.1) is 0 Å². The number of ether oxygens (including phenoxy) is 2. The summed E-state index contributed by atoms with van der Waals surface area (Å²) in [7, 11) is 1.44. The minimum absolute atomic E-state index is 0.233. The maximum absolute atomic E-state index is 12.5. The van der Waals surface area contributed by atoms with Gasteiger partial charge in [-0.25, -0.2) is 0 Å². The highest BCUT2D eigenvalue weighted by Crippen LogP contribution is 2.24. The zero-order chi connectivity index (χ0) is 27.4. The summed E-state index contributed by atoms with van der Waals surface area (Å²) in [4.78, 5) is 24.3. The fraction of sp³-hybridized carbons (Fsp3) is 0.879. The Balaban J connectivity index is 4.19. The highest BCUT2D eigenvalue weighted by atomic mass is 16.6. The first kappa shape index (κ1) is 35.7. The fourth-order valence-electron chi connectivity index (χ4n) is 5.08. The molecule has 0 spiro atoms. The van der Waals surface area contributed by atoms with Crippen molar-refractivity contribution >= 4 is 11.9 Å². The molecule has 0 saturated carbocycles. The summed E-state index contributed by atoms with van der Waals surface area (Å²) in [6, 6.07) is 0. The van der Waals surface area contributed by atoms with E-state index in [0.29, 0.717) is 0 Å². The third-order valence-electron chi connectivity index (χ3n) is 7.39. The molecule has 0 rings (SSSR count). The zero-order valence-corrected chi connectivity index (χ0v) is 25.2. The molecule has 0 radical (unpaired) electrons. The Labute approximate surface area is 230 Å². The summed E-state index contributed by atoms with van der Waals surface area (Å²) in [5, 5.41) is 0. The molecule has 0 aliphatic heterocycles. The van der Waals surface area contributed by atoms with Gasteiger partial charge in [-0.05, 0) is 44.9 Å². The van der Waals surface area contributed by atoms with E-state index >= 15 is 0 Å². The maximum atomic E-state index is 12.5. The zero-order valence-electron chi connectivity index (χ0n) is 25.2. The van der Waals surface area contributed by atoms with Gasteiger partial charge in [0.25, 0.3) is 0 Å². The van der Waals surface area contributed by atoms with E-state index in [1.165, 1.54) is 123 Å². The van der Waals surface area contributed by atoms with Crippen molar-refractivity contribution in [3.05, 3.63) is 12.2 Å². The van der Waals surface area contributed by atoms with E-state index in [9.17, 15) is 9.59 Å². The molecule has 2 atom stereocenters. The van der Waals surface area contributed by atoms with Crippen LogP contribution in [0.3, 0.4) is 0 Å². The van der Waals surface area contributed by atoms with Crippen LogP contribution in [0.15, 0.2) is 12.2 Å². The van der Waals surface area contributed by atoms with Crippen molar-refractivity contribution in [3.63, 3.8) is 0 Å². The van der Waals surface area contributed by atoms with Crippen LogP contribution in [-0.2, 0) is 19.1 Å². The van der Waals surface area contributed by atoms with Crippen LogP contribution in [0.2, 0.25) is 0 Å². The van der Waals surface area contributed by atoms with E-state index in [0.717, 1.165) is 38.5 Å². The van der Waals surface area contributed by atoms with Crippen LogP contribution in [0.4, 0.5) is 0 Å². The van der Waals surface area contributed by atoms with E-state index in [1.54, 1.807) is 0 Å². The lowest BCUT2D eigenvalue weighted by atomic mass is 9.91. The third kappa shape index (κ3) is 23.5. The molecule has 0 unspecified atom stereocenters. The van der Waals surface area contributed by atoms with Crippen molar-refractivity contribution in [2.45, 2.75) is 175 Å². The monoisotopic (exact) mass is 522 g/mol. The van der Waals surface area contributed by atoms with Crippen LogP contribution in [0, 0.1) is 5.92 Å². The quantitative estimate of drug-likeness (QED) is 0.0611. The van der Waals surface area contributed by atoms with Gasteiger partial charge in [0.05, 0.1) is 13.0 Å². The van der Waals surface area contributed by atoms with Gasteiger partial charge in [-0.3, -0.25) is 9.59 Å². The fourth-order valence-corrected chi connectivity index (χ4v) is 5.08. The molecule has 0 heterocycles. The first-order valence-corrected chi connectivity index (χ1v) is 16.0. The van der Waals surface area contributed by atoms with Gasteiger partial charge in [0.1, 0.15) is 6.10 Å². The van der Waals surface area contributed by atoms with Crippen LogP contribution in [0.25, 0.3) is 0 Å². The second-order valence-corrected chi connectivity index (χ2v) is 10.9. The molecule has 4 heteroatoms. The highest BCUT2D eigenvalue weighted by Gasteiger charge is 2.30. The summed E-state index contributed by atoms with van der Waals surface area (Å²) >= 11 is 0. The predicted octanol–water partition coefficient (Wildman–Crippen LogP) is 10.3. The number of methoxy groups -OCH3 is 1. The number of hydrogen-bond donors (Lipinski definition) is 0. The molecule has 0 bridgehead atoms. The molecule has 218 valence electrons. The number of esters is 2. The molecule has 37 heavy (non-hydrogen) atoms. The van der Waals surface area contributed by atoms with E-state index in [-0.39, 0.29) is 24.0 Å². The maximum Gasteiger partial charge on any atom is 0.312 e. The van der Waals surface area contributed by atoms with E-state index in [4.69, 9.17) is 9.47 Å². The molecule has 0 saturated heterocycles. The Morgan fingerprint density at radius 3 is 1.46 bits per heavy atom. The molecular formula is C33H62O4. The minimum Gasteiger partial charge on any atom is -0.469 e. The molecule has 0 aliphatic rings. The highest BCUT2D eigenvalue weighted by molar-refractivity contribution is 5.74. The van der Waals surface area contributed by atoms with E-state index < -0.39 is 0 Å². The average Bonchev–Trinajstić information content (AvgIpc) is 2.88. The number of rotatable bonds is 27. The van der Waals surface area contributed by atoms with Crippen molar-refractivity contribution in [2.75, 3.05) is 7.11 Å². The summed E-state index contributed by atoms with van der Waals surface area (Å²) < 4.78 is 10.7. The van der Waals surface area contributed by atoms with Gasteiger partial charge in [0, 0.05) is 6.92 Å². The number of carbonyl (C=O) groups excluding carboxylic acids is 2. The lowest BCUT2D eigenvalue weighted by Gasteiger charge is -2.25. The smallest absolute Gasteiger partial charge is 0.312 e. The van der Waals surface area contributed by atoms with Gasteiger partial charge in [-0.1, -0.05) is 129 Å². The Morgan fingerprint density at radius 2 is 1.00 bits per heavy atom. The lowest BCUT2D eigenvalue weighted by molar-refractivity contribution is -0.160. The molecule has 0 aromatic rings. The first-order valence-electron chi connectivity index (χ1n) is 16.0. The number of hydrogen-bond acceptors (Lipinski definition) is 4. The molecular weight excluding hydrogens is 460 g/mol. The SMILES string of the molecule is CCCCCC/C=C\CCCCCCC[C@H](OC(C)=O)[C@H](CCCCCCCCCCCC)C(=O)OC. The molecule has 0 aromatic heterocycles. The molecule has 0 fully saturated rings. The largest absolute Gasteiger partial charge is 0.469 e. The summed E-state index contributed by atoms with van der Waals surface area (Å²) in [6.45, 7) is 5.95. The van der Waals surface area contributed by atoms with Crippen LogP contribution >= 0.6 is 0 Å². The van der Waals surface area contributed by atoms with Crippen LogP contribution in [-0.4, -0.2) is 25.2 Å². The van der Waals surface area contributed by atoms with Gasteiger partial charge in [0.2, 0.25) is 0 Å². The van der Waals surface area contributed by atoms with Crippen molar-refractivity contribution in [3.8, 4) is 0 Å². The standard InChI is InChI=1S/C33H62O4/c1-5-7-9-11-13-15-17-18-19-21-23-25-27-29-32(37-30(3)34)31(33(35)36-4)28-26-24-22-20-16-14-12-10-8-6-2/h15,17,31-32H,5-14,16,18-29H2,1-4H3/b17-15-/t31-,32-/m0/s1.